The van der Waals surface area contributed by atoms with E-state index in [1.54, 1.807) is 23.3 Å². The fraction of sp³-hybridized carbons (Fsp3) is 0.231. The van der Waals surface area contributed by atoms with Crippen molar-refractivity contribution < 1.29 is 17.9 Å². The molecule has 1 aromatic carbocycles. The average molecular weight is 381 g/mol. The lowest BCUT2D eigenvalue weighted by Crippen LogP contribution is -2.18. The van der Waals surface area contributed by atoms with E-state index in [9.17, 15) is 13.2 Å². The number of anilines is 2. The van der Waals surface area contributed by atoms with E-state index in [4.69, 9.17) is 5.73 Å². The molecule has 0 spiro atoms. The highest BCUT2D eigenvalue weighted by molar-refractivity contribution is 9.10. The maximum Gasteiger partial charge on any atom is 0.387 e. The van der Waals surface area contributed by atoms with Crippen molar-refractivity contribution in [1.82, 2.24) is 0 Å². The van der Waals surface area contributed by atoms with Gasteiger partial charge in [0.05, 0.1) is 17.9 Å². The Hall–Kier alpha value is -1.41. The third-order valence-corrected chi connectivity index (χ3v) is 4.41. The lowest BCUT2D eigenvalue weighted by atomic mass is 10.2. The highest BCUT2D eigenvalue weighted by atomic mass is 79.9. The predicted octanol–water partition coefficient (Wildman–Crippen LogP) is 4.47. The molecule has 0 aliphatic rings. The van der Waals surface area contributed by atoms with Gasteiger partial charge in [-0.1, -0.05) is 0 Å². The second kappa shape index (κ2) is 6.57. The number of nitrogens with zero attached hydrogens (tertiary/aromatic N) is 1. The lowest BCUT2D eigenvalue weighted by molar-refractivity contribution is -0.0521. The Kier molecular flexibility index (Phi) is 5.00. The summed E-state index contributed by atoms with van der Waals surface area (Å²) in [6.07, 6.45) is 0. The van der Waals surface area contributed by atoms with Crippen LogP contribution in [0.5, 0.6) is 5.75 Å². The Labute approximate surface area is 132 Å². The van der Waals surface area contributed by atoms with Crippen molar-refractivity contribution in [3.05, 3.63) is 38.7 Å². The van der Waals surface area contributed by atoms with Crippen molar-refractivity contribution in [2.75, 3.05) is 17.7 Å². The van der Waals surface area contributed by atoms with Gasteiger partial charge in [0, 0.05) is 33.9 Å². The molecule has 0 bridgehead atoms. The monoisotopic (exact) mass is 380 g/mol. The Balaban J connectivity index is 2.25. The second-order valence-corrected chi connectivity index (χ2v) is 6.22. The number of ether oxygens (including phenoxy) is 1. The van der Waals surface area contributed by atoms with E-state index in [-0.39, 0.29) is 5.69 Å². The molecule has 2 rings (SSSR count). The molecule has 0 aliphatic carbocycles. The highest BCUT2D eigenvalue weighted by Gasteiger charge is 2.16. The largest absolute Gasteiger partial charge is 0.432 e. The Morgan fingerprint density at radius 2 is 2.10 bits per heavy atom. The van der Waals surface area contributed by atoms with Gasteiger partial charge in [0.25, 0.3) is 0 Å². The molecule has 0 unspecified atom stereocenters. The zero-order valence-electron chi connectivity index (χ0n) is 10.9. The molecular formula is C13H12BrF3N2OS. The van der Waals surface area contributed by atoms with Gasteiger partial charge in [-0.05, 0) is 22.0 Å². The van der Waals surface area contributed by atoms with Crippen LogP contribution in [-0.4, -0.2) is 13.7 Å². The van der Waals surface area contributed by atoms with Crippen LogP contribution in [0.1, 0.15) is 4.88 Å². The summed E-state index contributed by atoms with van der Waals surface area (Å²) in [5.74, 6) is -1.43. The summed E-state index contributed by atoms with van der Waals surface area (Å²) in [4.78, 5) is 2.79. The molecule has 21 heavy (non-hydrogen) atoms. The van der Waals surface area contributed by atoms with Crippen LogP contribution < -0.4 is 15.4 Å². The van der Waals surface area contributed by atoms with Crippen molar-refractivity contribution in [3.63, 3.8) is 0 Å². The first-order chi connectivity index (χ1) is 9.86. The first kappa shape index (κ1) is 16.0. The quantitative estimate of drug-likeness (QED) is 0.777. The normalized spacial score (nSPS) is 11.0. The second-order valence-electron chi connectivity index (χ2n) is 4.31. The molecule has 0 aliphatic heterocycles. The summed E-state index contributed by atoms with van der Waals surface area (Å²) in [5.41, 5.74) is 6.34. The Morgan fingerprint density at radius 3 is 2.67 bits per heavy atom. The predicted molar refractivity (Wildman–Crippen MR) is 81.6 cm³/mol. The maximum absolute atomic E-state index is 13.5. The standard InChI is InChI=1S/C13H12BrF3N2OS/c1-19(5-8-2-7(14)6-21-8)11-4-12(20-13(16)17)9(15)3-10(11)18/h2-4,6,13H,5,18H2,1H3. The van der Waals surface area contributed by atoms with Crippen molar-refractivity contribution in [1.29, 1.82) is 0 Å². The molecule has 2 aromatic rings. The van der Waals surface area contributed by atoms with Crippen molar-refractivity contribution in [2.24, 2.45) is 0 Å². The number of halogens is 4. The number of hydrogen-bond acceptors (Lipinski definition) is 4. The van der Waals surface area contributed by atoms with Crippen molar-refractivity contribution in [3.8, 4) is 5.75 Å². The lowest BCUT2D eigenvalue weighted by Gasteiger charge is -2.21. The van der Waals surface area contributed by atoms with Gasteiger partial charge in [-0.25, -0.2) is 4.39 Å². The minimum Gasteiger partial charge on any atom is -0.432 e. The van der Waals surface area contributed by atoms with Gasteiger partial charge < -0.3 is 15.4 Å². The van der Waals surface area contributed by atoms with E-state index in [1.165, 1.54) is 6.07 Å². The molecule has 114 valence electrons. The molecule has 1 heterocycles. The van der Waals surface area contributed by atoms with E-state index in [0.29, 0.717) is 12.2 Å². The van der Waals surface area contributed by atoms with Crippen molar-refractivity contribution in [2.45, 2.75) is 13.2 Å². The van der Waals surface area contributed by atoms with Crippen LogP contribution >= 0.6 is 27.3 Å². The number of nitrogen functional groups attached to an aromatic ring is 1. The fourth-order valence-corrected chi connectivity index (χ4v) is 3.33. The number of hydrogen-bond donors (Lipinski definition) is 1. The zero-order chi connectivity index (χ0) is 15.6. The van der Waals surface area contributed by atoms with E-state index in [0.717, 1.165) is 15.4 Å². The van der Waals surface area contributed by atoms with Gasteiger partial charge in [0.1, 0.15) is 0 Å². The molecule has 8 heteroatoms. The minimum atomic E-state index is -3.09. The molecule has 0 fully saturated rings. The summed E-state index contributed by atoms with van der Waals surface area (Å²) in [6.45, 7) is -2.57. The van der Waals surface area contributed by atoms with Gasteiger partial charge >= 0.3 is 6.61 Å². The molecule has 0 saturated carbocycles. The van der Waals surface area contributed by atoms with Crippen LogP contribution in [-0.2, 0) is 6.54 Å². The third-order valence-electron chi connectivity index (χ3n) is 2.72. The van der Waals surface area contributed by atoms with Crippen LogP contribution in [0.25, 0.3) is 0 Å². The van der Waals surface area contributed by atoms with Crippen LogP contribution in [0.15, 0.2) is 28.1 Å². The zero-order valence-corrected chi connectivity index (χ0v) is 13.3. The van der Waals surface area contributed by atoms with E-state index >= 15 is 0 Å². The highest BCUT2D eigenvalue weighted by Crippen LogP contribution is 2.33. The minimum absolute atomic E-state index is 0.159. The average Bonchev–Trinajstić information content (AvgIpc) is 2.77. The summed E-state index contributed by atoms with van der Waals surface area (Å²) in [7, 11) is 1.74. The number of benzene rings is 1. The molecule has 2 N–H and O–H groups in total. The SMILES string of the molecule is CN(Cc1cc(Br)cs1)c1cc(OC(F)F)c(F)cc1N. The van der Waals surface area contributed by atoms with Gasteiger partial charge in [0.2, 0.25) is 0 Å². The molecule has 0 amide bonds. The van der Waals surface area contributed by atoms with E-state index in [2.05, 4.69) is 20.7 Å². The summed E-state index contributed by atoms with van der Waals surface area (Å²) in [5, 5.41) is 1.93. The van der Waals surface area contributed by atoms with Crippen LogP contribution in [0, 0.1) is 5.82 Å². The third kappa shape index (κ3) is 4.04. The van der Waals surface area contributed by atoms with Gasteiger partial charge in [-0.3, -0.25) is 0 Å². The van der Waals surface area contributed by atoms with Gasteiger partial charge in [-0.2, -0.15) is 8.78 Å². The van der Waals surface area contributed by atoms with Crippen LogP contribution in [0.2, 0.25) is 0 Å². The number of thiophene rings is 1. The Morgan fingerprint density at radius 1 is 1.38 bits per heavy atom. The van der Waals surface area contributed by atoms with Crippen LogP contribution in [0.3, 0.4) is 0 Å². The summed E-state index contributed by atoms with van der Waals surface area (Å²) < 4.78 is 43.1. The van der Waals surface area contributed by atoms with Crippen LogP contribution in [0.4, 0.5) is 24.5 Å². The van der Waals surface area contributed by atoms with Gasteiger partial charge in [0.15, 0.2) is 11.6 Å². The fourth-order valence-electron chi connectivity index (χ4n) is 1.83. The Bertz CT molecular complexity index is 636. The molecule has 1 aromatic heterocycles. The van der Waals surface area contributed by atoms with Crippen molar-refractivity contribution >= 4 is 38.6 Å². The summed E-state index contributed by atoms with van der Waals surface area (Å²) in [6, 6.07) is 4.10. The molecular weight excluding hydrogens is 369 g/mol. The van der Waals surface area contributed by atoms with E-state index in [1.807, 2.05) is 11.4 Å². The topological polar surface area (TPSA) is 38.5 Å². The summed E-state index contributed by atoms with van der Waals surface area (Å²) >= 11 is 4.90. The van der Waals surface area contributed by atoms with Gasteiger partial charge in [-0.15, -0.1) is 11.3 Å². The number of rotatable bonds is 5. The smallest absolute Gasteiger partial charge is 0.387 e. The van der Waals surface area contributed by atoms with E-state index < -0.39 is 18.2 Å². The number of nitrogens with two attached hydrogens (primary N) is 1. The maximum atomic E-state index is 13.5. The first-order valence-electron chi connectivity index (χ1n) is 5.84. The molecule has 3 nitrogen and oxygen atoms in total. The molecule has 0 saturated heterocycles. The molecule has 0 radical (unpaired) electrons. The molecule has 0 atom stereocenters. The number of alkyl halides is 2. The first-order valence-corrected chi connectivity index (χ1v) is 7.52.